The maximum Gasteiger partial charge on any atom is 0.128 e. The van der Waals surface area contributed by atoms with Crippen LogP contribution in [0.25, 0.3) is 6.08 Å². The van der Waals surface area contributed by atoms with Crippen molar-refractivity contribution >= 4 is 6.08 Å². The molecule has 0 spiro atoms. The third kappa shape index (κ3) is 3.53. The van der Waals surface area contributed by atoms with Gasteiger partial charge in [0.25, 0.3) is 0 Å². The van der Waals surface area contributed by atoms with Gasteiger partial charge in [-0.25, -0.2) is 4.39 Å². The van der Waals surface area contributed by atoms with Crippen LogP contribution in [-0.2, 0) is 6.42 Å². The molecule has 0 heterocycles. The Balaban J connectivity index is 2.78. The van der Waals surface area contributed by atoms with Crippen molar-refractivity contribution < 1.29 is 4.39 Å². The second-order valence-corrected chi connectivity index (χ2v) is 3.15. The standard InChI is InChI=1S/C12H13FN2/c1-15-8-2-3-10-4-5-11(6-7-14)12(13)9-10/h2-5,9,15H,6,8H2,1H3. The monoisotopic (exact) mass is 204 g/mol. The van der Waals surface area contributed by atoms with Gasteiger partial charge in [0.15, 0.2) is 0 Å². The molecule has 3 heteroatoms. The van der Waals surface area contributed by atoms with Crippen molar-refractivity contribution in [3.8, 4) is 6.07 Å². The van der Waals surface area contributed by atoms with Gasteiger partial charge >= 0.3 is 0 Å². The first-order valence-electron chi connectivity index (χ1n) is 4.74. The minimum Gasteiger partial charge on any atom is -0.316 e. The topological polar surface area (TPSA) is 35.8 Å². The van der Waals surface area contributed by atoms with Gasteiger partial charge < -0.3 is 5.32 Å². The summed E-state index contributed by atoms with van der Waals surface area (Å²) in [4.78, 5) is 0. The Morgan fingerprint density at radius 1 is 1.53 bits per heavy atom. The molecule has 0 amide bonds. The summed E-state index contributed by atoms with van der Waals surface area (Å²) in [6, 6.07) is 6.83. The maximum absolute atomic E-state index is 13.3. The van der Waals surface area contributed by atoms with Crippen molar-refractivity contribution in [1.29, 1.82) is 5.26 Å². The van der Waals surface area contributed by atoms with Crippen LogP contribution in [0.1, 0.15) is 11.1 Å². The van der Waals surface area contributed by atoms with E-state index in [1.807, 2.05) is 31.3 Å². The summed E-state index contributed by atoms with van der Waals surface area (Å²) in [6.45, 7) is 0.752. The lowest BCUT2D eigenvalue weighted by molar-refractivity contribution is 0.615. The van der Waals surface area contributed by atoms with Crippen molar-refractivity contribution in [2.24, 2.45) is 0 Å². The molecule has 1 N–H and O–H groups in total. The van der Waals surface area contributed by atoms with E-state index < -0.39 is 0 Å². The van der Waals surface area contributed by atoms with E-state index in [0.717, 1.165) is 12.1 Å². The Hall–Kier alpha value is -1.66. The highest BCUT2D eigenvalue weighted by atomic mass is 19.1. The molecule has 0 saturated carbocycles. The Kier molecular flexibility index (Phi) is 4.52. The van der Waals surface area contributed by atoms with E-state index in [9.17, 15) is 4.39 Å². The van der Waals surface area contributed by atoms with Crippen LogP contribution in [0.3, 0.4) is 0 Å². The third-order valence-corrected chi connectivity index (χ3v) is 1.98. The molecule has 0 aliphatic rings. The average Bonchev–Trinajstić information content (AvgIpc) is 2.23. The largest absolute Gasteiger partial charge is 0.316 e. The number of nitrogens with zero attached hydrogens (tertiary/aromatic N) is 1. The second kappa shape index (κ2) is 5.94. The first kappa shape index (κ1) is 11.4. The minimum atomic E-state index is -0.317. The molecule has 2 nitrogen and oxygen atoms in total. The Bertz CT molecular complexity index is 391. The molecule has 0 aromatic heterocycles. The molecule has 78 valence electrons. The lowest BCUT2D eigenvalue weighted by Gasteiger charge is -1.99. The number of likely N-dealkylation sites (N-methyl/N-ethyl adjacent to an activating group) is 1. The van der Waals surface area contributed by atoms with E-state index in [1.54, 1.807) is 6.07 Å². The summed E-state index contributed by atoms with van der Waals surface area (Å²) >= 11 is 0. The fourth-order valence-electron chi connectivity index (χ4n) is 1.21. The molecule has 0 aliphatic carbocycles. The summed E-state index contributed by atoms with van der Waals surface area (Å²) in [5.74, 6) is -0.317. The number of rotatable bonds is 4. The summed E-state index contributed by atoms with van der Waals surface area (Å²) in [6.07, 6.45) is 3.88. The Morgan fingerprint density at radius 3 is 2.93 bits per heavy atom. The van der Waals surface area contributed by atoms with E-state index in [2.05, 4.69) is 5.32 Å². The SMILES string of the molecule is CNCC=Cc1ccc(CC#N)c(F)c1. The van der Waals surface area contributed by atoms with Crippen LogP contribution in [0.15, 0.2) is 24.3 Å². The van der Waals surface area contributed by atoms with Crippen LogP contribution in [0.5, 0.6) is 0 Å². The predicted molar refractivity (Wildman–Crippen MR) is 58.7 cm³/mol. The summed E-state index contributed by atoms with van der Waals surface area (Å²) < 4.78 is 13.3. The average molecular weight is 204 g/mol. The number of nitrogens with one attached hydrogen (secondary N) is 1. The molecule has 0 atom stereocenters. The molecule has 0 fully saturated rings. The molecule has 0 unspecified atom stereocenters. The van der Waals surface area contributed by atoms with Crippen molar-refractivity contribution in [3.63, 3.8) is 0 Å². The summed E-state index contributed by atoms with van der Waals surface area (Å²) in [5.41, 5.74) is 1.26. The van der Waals surface area contributed by atoms with Crippen molar-refractivity contribution in [3.05, 3.63) is 41.2 Å². The van der Waals surface area contributed by atoms with Gasteiger partial charge in [-0.2, -0.15) is 5.26 Å². The van der Waals surface area contributed by atoms with E-state index in [1.165, 1.54) is 6.07 Å². The van der Waals surface area contributed by atoms with Crippen LogP contribution < -0.4 is 5.32 Å². The van der Waals surface area contributed by atoms with Gasteiger partial charge in [0, 0.05) is 12.1 Å². The highest BCUT2D eigenvalue weighted by molar-refractivity contribution is 5.50. The van der Waals surface area contributed by atoms with Crippen molar-refractivity contribution in [1.82, 2.24) is 5.32 Å². The fraction of sp³-hybridized carbons (Fsp3) is 0.250. The summed E-state index contributed by atoms with van der Waals surface area (Å²) in [7, 11) is 1.85. The molecule has 0 radical (unpaired) electrons. The van der Waals surface area contributed by atoms with E-state index in [0.29, 0.717) is 5.56 Å². The quantitative estimate of drug-likeness (QED) is 0.815. The van der Waals surface area contributed by atoms with Crippen molar-refractivity contribution in [2.45, 2.75) is 6.42 Å². The van der Waals surface area contributed by atoms with E-state index in [4.69, 9.17) is 5.26 Å². The van der Waals surface area contributed by atoms with E-state index >= 15 is 0 Å². The first-order chi connectivity index (χ1) is 7.27. The lowest BCUT2D eigenvalue weighted by Crippen LogP contribution is -2.03. The smallest absolute Gasteiger partial charge is 0.128 e. The zero-order chi connectivity index (χ0) is 11.1. The second-order valence-electron chi connectivity index (χ2n) is 3.15. The normalized spacial score (nSPS) is 10.5. The third-order valence-electron chi connectivity index (χ3n) is 1.98. The van der Waals surface area contributed by atoms with Crippen LogP contribution in [-0.4, -0.2) is 13.6 Å². The van der Waals surface area contributed by atoms with Crippen LogP contribution in [0, 0.1) is 17.1 Å². The number of nitriles is 1. The Labute approximate surface area is 89.0 Å². The lowest BCUT2D eigenvalue weighted by atomic mass is 10.1. The molecule has 1 aromatic rings. The molecule has 0 saturated heterocycles. The maximum atomic E-state index is 13.3. The van der Waals surface area contributed by atoms with Gasteiger partial charge in [0.05, 0.1) is 12.5 Å². The molecule has 1 rings (SSSR count). The summed E-state index contributed by atoms with van der Waals surface area (Å²) in [5, 5.41) is 11.4. The zero-order valence-electron chi connectivity index (χ0n) is 8.63. The van der Waals surface area contributed by atoms with Gasteiger partial charge in [-0.05, 0) is 18.7 Å². The van der Waals surface area contributed by atoms with Gasteiger partial charge in [0.2, 0.25) is 0 Å². The molecular weight excluding hydrogens is 191 g/mol. The van der Waals surface area contributed by atoms with Gasteiger partial charge in [-0.3, -0.25) is 0 Å². The predicted octanol–water partition coefficient (Wildman–Crippen LogP) is 2.12. The number of benzene rings is 1. The highest BCUT2D eigenvalue weighted by Gasteiger charge is 2.00. The number of hydrogen-bond donors (Lipinski definition) is 1. The van der Waals surface area contributed by atoms with Gasteiger partial charge in [-0.15, -0.1) is 0 Å². The van der Waals surface area contributed by atoms with Crippen LogP contribution in [0.2, 0.25) is 0 Å². The molecule has 1 aromatic carbocycles. The van der Waals surface area contributed by atoms with Gasteiger partial charge in [0.1, 0.15) is 5.82 Å². The van der Waals surface area contributed by atoms with Gasteiger partial charge in [-0.1, -0.05) is 24.3 Å². The van der Waals surface area contributed by atoms with Crippen LogP contribution in [0.4, 0.5) is 4.39 Å². The first-order valence-corrected chi connectivity index (χ1v) is 4.74. The number of halogens is 1. The minimum absolute atomic E-state index is 0.117. The Morgan fingerprint density at radius 2 is 2.33 bits per heavy atom. The molecular formula is C12H13FN2. The molecule has 0 aliphatic heterocycles. The molecule has 15 heavy (non-hydrogen) atoms. The number of hydrogen-bond acceptors (Lipinski definition) is 2. The molecule has 0 bridgehead atoms. The zero-order valence-corrected chi connectivity index (χ0v) is 8.63. The van der Waals surface area contributed by atoms with E-state index in [-0.39, 0.29) is 12.2 Å². The van der Waals surface area contributed by atoms with Crippen LogP contribution >= 0.6 is 0 Å². The highest BCUT2D eigenvalue weighted by Crippen LogP contribution is 2.12. The van der Waals surface area contributed by atoms with Crippen molar-refractivity contribution in [2.75, 3.05) is 13.6 Å². The fourth-order valence-corrected chi connectivity index (χ4v) is 1.21.